The first-order chi connectivity index (χ1) is 9.97. The maximum atomic E-state index is 12.3. The van der Waals surface area contributed by atoms with Crippen molar-refractivity contribution in [2.24, 2.45) is 17.6 Å². The van der Waals surface area contributed by atoms with Gasteiger partial charge < -0.3 is 15.1 Å². The minimum Gasteiger partial charge on any atom is -0.464 e. The largest absolute Gasteiger partial charge is 0.464 e. The predicted molar refractivity (Wildman–Crippen MR) is 81.7 cm³/mol. The first-order valence-electron chi connectivity index (χ1n) is 8.12. The van der Waals surface area contributed by atoms with Crippen LogP contribution in [0.3, 0.4) is 0 Å². The number of piperidine rings is 1. The van der Waals surface area contributed by atoms with Gasteiger partial charge in [0.05, 0.1) is 0 Å². The van der Waals surface area contributed by atoms with Crippen LogP contribution in [0.15, 0.2) is 16.5 Å². The summed E-state index contributed by atoms with van der Waals surface area (Å²) in [6.07, 6.45) is 2.50. The summed E-state index contributed by atoms with van der Waals surface area (Å²) in [5.74, 6) is 3.84. The summed E-state index contributed by atoms with van der Waals surface area (Å²) >= 11 is 0. The number of nitrogens with zero attached hydrogens (tertiary/aromatic N) is 1. The number of hydrogen-bond acceptors (Lipinski definition) is 3. The molecule has 1 aliphatic heterocycles. The van der Waals surface area contributed by atoms with Gasteiger partial charge in [-0.05, 0) is 36.8 Å². The summed E-state index contributed by atoms with van der Waals surface area (Å²) in [5.41, 5.74) is 6.31. The lowest BCUT2D eigenvalue weighted by molar-refractivity contribution is -0.138. The van der Waals surface area contributed by atoms with E-state index in [0.717, 1.165) is 30.4 Å². The van der Waals surface area contributed by atoms with Crippen molar-refractivity contribution in [2.45, 2.75) is 58.0 Å². The second kappa shape index (κ2) is 5.48. The van der Waals surface area contributed by atoms with Gasteiger partial charge in [0.1, 0.15) is 17.6 Å². The summed E-state index contributed by atoms with van der Waals surface area (Å²) in [4.78, 5) is 14.2. The van der Waals surface area contributed by atoms with E-state index in [-0.39, 0.29) is 18.0 Å². The maximum absolute atomic E-state index is 12.3. The van der Waals surface area contributed by atoms with Gasteiger partial charge >= 0.3 is 0 Å². The zero-order valence-corrected chi connectivity index (χ0v) is 13.2. The number of likely N-dealkylation sites (tertiary alicyclic amines) is 1. The molecule has 0 spiro atoms. The molecule has 4 nitrogen and oxygen atoms in total. The number of hydrogen-bond donors (Lipinski definition) is 1. The quantitative estimate of drug-likeness (QED) is 0.927. The minimum absolute atomic E-state index is 0.0305. The Labute approximate surface area is 126 Å². The second-order valence-electron chi connectivity index (χ2n) is 7.15. The number of nitrogens with two attached hydrogens (primary N) is 1. The molecule has 4 heteroatoms. The molecule has 2 fully saturated rings. The van der Waals surface area contributed by atoms with Crippen LogP contribution in [0.5, 0.6) is 0 Å². The molecule has 4 unspecified atom stereocenters. The topological polar surface area (TPSA) is 59.5 Å². The van der Waals surface area contributed by atoms with E-state index >= 15 is 0 Å². The summed E-state index contributed by atoms with van der Waals surface area (Å²) in [7, 11) is 0. The van der Waals surface area contributed by atoms with Crippen LogP contribution in [0.2, 0.25) is 0 Å². The van der Waals surface area contributed by atoms with Crippen LogP contribution in [0, 0.1) is 11.8 Å². The van der Waals surface area contributed by atoms with Gasteiger partial charge in [-0.1, -0.05) is 20.8 Å². The van der Waals surface area contributed by atoms with E-state index in [1.165, 1.54) is 6.42 Å². The molecule has 2 N–H and O–H groups in total. The number of carbonyl (C=O) groups is 1. The van der Waals surface area contributed by atoms with Crippen LogP contribution in [0.1, 0.15) is 63.5 Å². The first kappa shape index (κ1) is 14.6. The molecular formula is C17H26N2O2. The van der Waals surface area contributed by atoms with Gasteiger partial charge in [0.25, 0.3) is 0 Å². The van der Waals surface area contributed by atoms with Gasteiger partial charge in [0.2, 0.25) is 5.91 Å². The van der Waals surface area contributed by atoms with Crippen LogP contribution in [0.25, 0.3) is 0 Å². The highest BCUT2D eigenvalue weighted by atomic mass is 16.3. The van der Waals surface area contributed by atoms with Gasteiger partial charge in [-0.25, -0.2) is 0 Å². The van der Waals surface area contributed by atoms with Crippen LogP contribution in [-0.2, 0) is 4.79 Å². The smallest absolute Gasteiger partial charge is 0.223 e. The Morgan fingerprint density at radius 2 is 2.05 bits per heavy atom. The zero-order chi connectivity index (χ0) is 15.1. The third-order valence-electron chi connectivity index (χ3n) is 4.73. The standard InChI is InChI=1S/C17H26N2O2/c1-10(2)9-19-16(20)7-4-13(18)17(19)15-6-5-14(21-15)12-8-11(12)3/h5-6,10-13,17H,4,7-9,18H2,1-3H3. The van der Waals surface area contributed by atoms with Crippen LogP contribution < -0.4 is 5.73 Å². The summed E-state index contributed by atoms with van der Waals surface area (Å²) in [6, 6.07) is 3.97. The van der Waals surface area contributed by atoms with Crippen molar-refractivity contribution in [3.05, 3.63) is 23.7 Å². The van der Waals surface area contributed by atoms with Gasteiger partial charge in [0, 0.05) is 24.9 Å². The Bertz CT molecular complexity index is 523. The summed E-state index contributed by atoms with van der Waals surface area (Å²) in [5, 5.41) is 0. The average molecular weight is 290 g/mol. The Morgan fingerprint density at radius 3 is 2.67 bits per heavy atom. The third kappa shape index (κ3) is 2.86. The normalized spacial score (nSPS) is 32.8. The fraction of sp³-hybridized carbons (Fsp3) is 0.706. The highest BCUT2D eigenvalue weighted by molar-refractivity contribution is 5.77. The Balaban J connectivity index is 1.84. The lowest BCUT2D eigenvalue weighted by atomic mass is 9.93. The van der Waals surface area contributed by atoms with Gasteiger partial charge in [0.15, 0.2) is 0 Å². The van der Waals surface area contributed by atoms with Crippen LogP contribution in [-0.4, -0.2) is 23.4 Å². The highest BCUT2D eigenvalue weighted by Gasteiger charge is 2.40. The van der Waals surface area contributed by atoms with Crippen molar-refractivity contribution in [3.63, 3.8) is 0 Å². The monoisotopic (exact) mass is 290 g/mol. The van der Waals surface area contributed by atoms with E-state index < -0.39 is 0 Å². The third-order valence-corrected chi connectivity index (χ3v) is 4.73. The van der Waals surface area contributed by atoms with Crippen LogP contribution >= 0.6 is 0 Å². The number of furan rings is 1. The fourth-order valence-electron chi connectivity index (χ4n) is 3.40. The molecule has 1 aromatic heterocycles. The van der Waals surface area contributed by atoms with Crippen molar-refractivity contribution in [2.75, 3.05) is 6.54 Å². The van der Waals surface area contributed by atoms with Crippen molar-refractivity contribution >= 4 is 5.91 Å². The predicted octanol–water partition coefficient (Wildman–Crippen LogP) is 3.05. The highest BCUT2D eigenvalue weighted by Crippen LogP contribution is 2.48. The molecule has 1 saturated heterocycles. The number of rotatable bonds is 4. The molecule has 1 aliphatic carbocycles. The first-order valence-corrected chi connectivity index (χ1v) is 8.12. The molecule has 116 valence electrons. The Kier molecular flexibility index (Phi) is 3.82. The lowest BCUT2D eigenvalue weighted by Crippen LogP contribution is -2.49. The Hall–Kier alpha value is -1.29. The van der Waals surface area contributed by atoms with E-state index in [1.54, 1.807) is 0 Å². The molecule has 2 heterocycles. The van der Waals surface area contributed by atoms with Crippen molar-refractivity contribution in [1.82, 2.24) is 4.90 Å². The molecule has 1 saturated carbocycles. The molecule has 1 aromatic rings. The molecule has 0 radical (unpaired) electrons. The van der Waals surface area contributed by atoms with E-state index in [0.29, 0.717) is 18.3 Å². The molecule has 3 rings (SSSR count). The van der Waals surface area contributed by atoms with Gasteiger partial charge in [-0.3, -0.25) is 4.79 Å². The molecule has 1 amide bonds. The van der Waals surface area contributed by atoms with Crippen molar-refractivity contribution in [1.29, 1.82) is 0 Å². The maximum Gasteiger partial charge on any atom is 0.223 e. The Morgan fingerprint density at radius 1 is 1.38 bits per heavy atom. The van der Waals surface area contributed by atoms with E-state index in [2.05, 4.69) is 26.8 Å². The van der Waals surface area contributed by atoms with E-state index in [9.17, 15) is 4.79 Å². The fourth-order valence-corrected chi connectivity index (χ4v) is 3.40. The molecule has 21 heavy (non-hydrogen) atoms. The number of carbonyl (C=O) groups excluding carboxylic acids is 1. The van der Waals surface area contributed by atoms with Crippen LogP contribution in [0.4, 0.5) is 0 Å². The molecule has 4 atom stereocenters. The van der Waals surface area contributed by atoms with E-state index in [1.807, 2.05) is 11.0 Å². The molecule has 0 aromatic carbocycles. The van der Waals surface area contributed by atoms with E-state index in [4.69, 9.17) is 10.2 Å². The van der Waals surface area contributed by atoms with Crippen molar-refractivity contribution < 1.29 is 9.21 Å². The minimum atomic E-state index is -0.101. The second-order valence-corrected chi connectivity index (χ2v) is 7.15. The average Bonchev–Trinajstić information content (AvgIpc) is 2.96. The SMILES string of the molecule is CC(C)CN1C(=O)CCC(N)C1c1ccc(C2CC2C)o1. The number of amides is 1. The van der Waals surface area contributed by atoms with Gasteiger partial charge in [-0.2, -0.15) is 0 Å². The van der Waals surface area contributed by atoms with Crippen molar-refractivity contribution in [3.8, 4) is 0 Å². The lowest BCUT2D eigenvalue weighted by Gasteiger charge is -2.39. The zero-order valence-electron chi connectivity index (χ0n) is 13.2. The molecular weight excluding hydrogens is 264 g/mol. The van der Waals surface area contributed by atoms with Gasteiger partial charge in [-0.15, -0.1) is 0 Å². The molecule has 0 bridgehead atoms. The molecule has 2 aliphatic rings. The summed E-state index contributed by atoms with van der Waals surface area (Å²) < 4.78 is 6.07. The summed E-state index contributed by atoms with van der Waals surface area (Å²) in [6.45, 7) is 7.24.